The number of nitrogen functional groups attached to an aromatic ring is 1. The second-order valence-electron chi connectivity index (χ2n) is 5.61. The lowest BCUT2D eigenvalue weighted by Gasteiger charge is -2.11. The topological polar surface area (TPSA) is 94.9 Å². The average Bonchev–Trinajstić information content (AvgIpc) is 2.63. The molecule has 0 atom stereocenters. The maximum atomic E-state index is 10.9. The molecule has 0 spiro atoms. The zero-order valence-electron chi connectivity index (χ0n) is 13.4. The van der Waals surface area contributed by atoms with E-state index in [0.29, 0.717) is 12.2 Å². The lowest BCUT2D eigenvalue weighted by atomic mass is 9.97. The van der Waals surface area contributed by atoms with Gasteiger partial charge in [0.25, 0.3) is 5.69 Å². The molecule has 3 rings (SSSR count). The number of pyridine rings is 2. The Morgan fingerprint density at radius 3 is 2.72 bits per heavy atom. The minimum absolute atomic E-state index is 0.0560. The Bertz CT molecular complexity index is 939. The highest BCUT2D eigenvalue weighted by Gasteiger charge is 2.11. The van der Waals surface area contributed by atoms with Crippen LogP contribution in [0.5, 0.6) is 0 Å². The van der Waals surface area contributed by atoms with Gasteiger partial charge in [0, 0.05) is 47.4 Å². The van der Waals surface area contributed by atoms with E-state index in [0.717, 1.165) is 27.8 Å². The summed E-state index contributed by atoms with van der Waals surface area (Å²) < 4.78 is 0. The molecule has 6 heteroatoms. The first-order valence-corrected chi connectivity index (χ1v) is 7.62. The fraction of sp³-hybridized carbons (Fsp3) is 0.0526. The summed E-state index contributed by atoms with van der Waals surface area (Å²) in [6, 6.07) is 12.2. The van der Waals surface area contributed by atoms with Crippen molar-refractivity contribution in [1.82, 2.24) is 9.97 Å². The zero-order valence-corrected chi connectivity index (χ0v) is 13.4. The van der Waals surface area contributed by atoms with Crippen molar-refractivity contribution in [3.05, 3.63) is 88.9 Å². The summed E-state index contributed by atoms with van der Waals surface area (Å²) >= 11 is 0. The molecule has 2 N–H and O–H groups in total. The molecular weight excluding hydrogens is 316 g/mol. The Kier molecular flexibility index (Phi) is 4.52. The summed E-state index contributed by atoms with van der Waals surface area (Å²) in [5.74, 6) is 0.378. The maximum absolute atomic E-state index is 10.9. The van der Waals surface area contributed by atoms with Gasteiger partial charge in [0.1, 0.15) is 5.82 Å². The molecule has 6 nitrogen and oxygen atoms in total. The lowest BCUT2D eigenvalue weighted by molar-refractivity contribution is -0.384. The first-order chi connectivity index (χ1) is 12.0. The van der Waals surface area contributed by atoms with E-state index in [1.807, 2.05) is 24.3 Å². The van der Waals surface area contributed by atoms with Gasteiger partial charge in [0.15, 0.2) is 0 Å². The third kappa shape index (κ3) is 3.69. The Morgan fingerprint density at radius 1 is 1.16 bits per heavy atom. The van der Waals surface area contributed by atoms with Crippen LogP contribution in [0.1, 0.15) is 11.1 Å². The molecule has 3 aromatic rings. The van der Waals surface area contributed by atoms with E-state index in [9.17, 15) is 10.1 Å². The van der Waals surface area contributed by atoms with E-state index in [4.69, 9.17) is 5.73 Å². The van der Waals surface area contributed by atoms with Gasteiger partial charge in [0.05, 0.1) is 4.92 Å². The number of hydrogen-bond donors (Lipinski definition) is 1. The summed E-state index contributed by atoms with van der Waals surface area (Å²) in [5.41, 5.74) is 10.1. The first kappa shape index (κ1) is 16.3. The van der Waals surface area contributed by atoms with Crippen LogP contribution >= 0.6 is 0 Å². The summed E-state index contributed by atoms with van der Waals surface area (Å²) in [6.45, 7) is 4.08. The van der Waals surface area contributed by atoms with Gasteiger partial charge in [-0.15, -0.1) is 0 Å². The van der Waals surface area contributed by atoms with Crippen LogP contribution in [-0.2, 0) is 6.42 Å². The van der Waals surface area contributed by atoms with E-state index in [-0.39, 0.29) is 5.69 Å². The van der Waals surface area contributed by atoms with Crippen molar-refractivity contribution in [2.45, 2.75) is 6.42 Å². The van der Waals surface area contributed by atoms with Gasteiger partial charge in [-0.2, -0.15) is 0 Å². The molecule has 0 fully saturated rings. The number of nitrogens with two attached hydrogens (primary N) is 1. The molecule has 0 amide bonds. The van der Waals surface area contributed by atoms with Crippen LogP contribution in [0, 0.1) is 10.1 Å². The standard InChI is InChI=1S/C19H16N4O2/c1-13(8-14-4-2-6-17(9-14)23(24)25)18-10-16(12-22-19(18)20)15-5-3-7-21-11-15/h2-7,9-12H,1,8H2,(H2,20,22). The van der Waals surface area contributed by atoms with Crippen molar-refractivity contribution < 1.29 is 4.92 Å². The van der Waals surface area contributed by atoms with Crippen LogP contribution in [0.4, 0.5) is 11.5 Å². The summed E-state index contributed by atoms with van der Waals surface area (Å²) in [7, 11) is 0. The highest BCUT2D eigenvalue weighted by molar-refractivity contribution is 5.77. The molecule has 0 unspecified atom stereocenters. The summed E-state index contributed by atoms with van der Waals surface area (Å²) in [5, 5.41) is 10.9. The zero-order chi connectivity index (χ0) is 17.8. The highest BCUT2D eigenvalue weighted by atomic mass is 16.6. The number of rotatable bonds is 5. The highest BCUT2D eigenvalue weighted by Crippen LogP contribution is 2.28. The molecule has 2 aromatic heterocycles. The van der Waals surface area contributed by atoms with E-state index >= 15 is 0 Å². The first-order valence-electron chi connectivity index (χ1n) is 7.62. The summed E-state index contributed by atoms with van der Waals surface area (Å²) in [4.78, 5) is 18.9. The molecule has 0 aliphatic heterocycles. The van der Waals surface area contributed by atoms with Gasteiger partial charge >= 0.3 is 0 Å². The van der Waals surface area contributed by atoms with Crippen LogP contribution in [0.25, 0.3) is 16.7 Å². The van der Waals surface area contributed by atoms with Crippen LogP contribution in [-0.4, -0.2) is 14.9 Å². The van der Waals surface area contributed by atoms with Crippen molar-refractivity contribution in [2.24, 2.45) is 0 Å². The number of nitro benzene ring substituents is 1. The van der Waals surface area contributed by atoms with Gasteiger partial charge in [-0.05, 0) is 29.7 Å². The van der Waals surface area contributed by atoms with E-state index in [1.54, 1.807) is 30.7 Å². The van der Waals surface area contributed by atoms with Crippen molar-refractivity contribution in [3.8, 4) is 11.1 Å². The fourth-order valence-corrected chi connectivity index (χ4v) is 2.57. The second-order valence-corrected chi connectivity index (χ2v) is 5.61. The van der Waals surface area contributed by atoms with E-state index in [1.165, 1.54) is 6.07 Å². The van der Waals surface area contributed by atoms with Crippen molar-refractivity contribution in [2.75, 3.05) is 5.73 Å². The van der Waals surface area contributed by atoms with Crippen LogP contribution in [0.3, 0.4) is 0 Å². The fourth-order valence-electron chi connectivity index (χ4n) is 2.57. The molecular formula is C19H16N4O2. The molecule has 25 heavy (non-hydrogen) atoms. The molecule has 0 saturated carbocycles. The van der Waals surface area contributed by atoms with E-state index in [2.05, 4.69) is 16.5 Å². The Balaban J connectivity index is 1.89. The molecule has 2 heterocycles. The quantitative estimate of drug-likeness (QED) is 0.565. The van der Waals surface area contributed by atoms with Crippen molar-refractivity contribution >= 4 is 17.1 Å². The van der Waals surface area contributed by atoms with Crippen LogP contribution < -0.4 is 5.73 Å². The normalized spacial score (nSPS) is 10.4. The monoisotopic (exact) mass is 332 g/mol. The largest absolute Gasteiger partial charge is 0.383 e. The smallest absolute Gasteiger partial charge is 0.269 e. The van der Waals surface area contributed by atoms with Gasteiger partial charge in [-0.1, -0.05) is 24.8 Å². The second kappa shape index (κ2) is 6.92. The molecule has 0 saturated heterocycles. The number of allylic oxidation sites excluding steroid dienone is 1. The van der Waals surface area contributed by atoms with Gasteiger partial charge in [0.2, 0.25) is 0 Å². The number of nitro groups is 1. The Morgan fingerprint density at radius 2 is 2.00 bits per heavy atom. The molecule has 0 aliphatic carbocycles. The number of aromatic nitrogens is 2. The number of non-ortho nitro benzene ring substituents is 1. The van der Waals surface area contributed by atoms with Crippen molar-refractivity contribution in [1.29, 1.82) is 0 Å². The molecule has 0 radical (unpaired) electrons. The number of anilines is 1. The molecule has 1 aromatic carbocycles. The minimum Gasteiger partial charge on any atom is -0.383 e. The number of benzene rings is 1. The lowest BCUT2D eigenvalue weighted by Crippen LogP contribution is -2.00. The minimum atomic E-state index is -0.412. The van der Waals surface area contributed by atoms with Crippen LogP contribution in [0.15, 0.2) is 67.6 Å². The Hall–Kier alpha value is -3.54. The number of hydrogen-bond acceptors (Lipinski definition) is 5. The molecule has 0 aliphatic rings. The van der Waals surface area contributed by atoms with Crippen LogP contribution in [0.2, 0.25) is 0 Å². The van der Waals surface area contributed by atoms with Gasteiger partial charge in [-0.25, -0.2) is 4.98 Å². The van der Waals surface area contributed by atoms with Gasteiger partial charge < -0.3 is 5.73 Å². The third-order valence-electron chi connectivity index (χ3n) is 3.83. The summed E-state index contributed by atoms with van der Waals surface area (Å²) in [6.07, 6.45) is 5.59. The SMILES string of the molecule is C=C(Cc1cccc([N+](=O)[O-])c1)c1cc(-c2cccnc2)cnc1N. The van der Waals surface area contributed by atoms with Crippen molar-refractivity contribution in [3.63, 3.8) is 0 Å². The van der Waals surface area contributed by atoms with E-state index < -0.39 is 4.92 Å². The average molecular weight is 332 g/mol. The maximum Gasteiger partial charge on any atom is 0.269 e. The number of nitrogens with zero attached hydrogens (tertiary/aromatic N) is 3. The van der Waals surface area contributed by atoms with Gasteiger partial charge in [-0.3, -0.25) is 15.1 Å². The molecule has 124 valence electrons. The third-order valence-corrected chi connectivity index (χ3v) is 3.83. The molecule has 0 bridgehead atoms. The Labute approximate surface area is 144 Å². The predicted molar refractivity (Wildman–Crippen MR) is 97.7 cm³/mol. The predicted octanol–water partition coefficient (Wildman–Crippen LogP) is 3.89.